The van der Waals surface area contributed by atoms with E-state index in [0.717, 1.165) is 24.5 Å². The number of guanidine groups is 1. The topological polar surface area (TPSA) is 52.6 Å². The van der Waals surface area contributed by atoms with Crippen molar-refractivity contribution in [2.45, 2.75) is 38.8 Å². The van der Waals surface area contributed by atoms with Crippen LogP contribution in [0, 0.1) is 5.82 Å². The largest absolute Gasteiger partial charge is 0.357 e. The van der Waals surface area contributed by atoms with Gasteiger partial charge in [0.25, 0.3) is 0 Å². The van der Waals surface area contributed by atoms with E-state index in [-0.39, 0.29) is 29.8 Å². The highest BCUT2D eigenvalue weighted by Gasteiger charge is 2.11. The number of hydrogen-bond donors (Lipinski definition) is 2. The van der Waals surface area contributed by atoms with Crippen molar-refractivity contribution in [2.75, 3.05) is 25.0 Å². The zero-order chi connectivity index (χ0) is 18.9. The van der Waals surface area contributed by atoms with Crippen LogP contribution in [-0.4, -0.2) is 31.1 Å². The minimum absolute atomic E-state index is 0. The highest BCUT2D eigenvalue weighted by atomic mass is 127. The Balaban J connectivity index is 0.00000280. The number of aliphatic imine (C=N–C) groups is 1. The second-order valence-electron chi connectivity index (χ2n) is 6.80. The molecule has 1 saturated heterocycles. The lowest BCUT2D eigenvalue weighted by atomic mass is 10.2. The number of aromatic nitrogens is 1. The van der Waals surface area contributed by atoms with E-state index in [1.807, 2.05) is 12.3 Å². The Morgan fingerprint density at radius 1 is 1.04 bits per heavy atom. The summed E-state index contributed by atoms with van der Waals surface area (Å²) in [7, 11) is 1.71. The number of nitrogens with one attached hydrogen (secondary N) is 2. The van der Waals surface area contributed by atoms with Gasteiger partial charge in [0.2, 0.25) is 0 Å². The first kappa shape index (κ1) is 22.4. The van der Waals surface area contributed by atoms with Crippen LogP contribution in [0.5, 0.6) is 0 Å². The molecule has 0 amide bonds. The lowest BCUT2D eigenvalue weighted by Crippen LogP contribution is -2.36. The molecule has 2 N–H and O–H groups in total. The summed E-state index contributed by atoms with van der Waals surface area (Å²) in [5.74, 6) is 1.48. The van der Waals surface area contributed by atoms with Crippen LogP contribution in [0.25, 0.3) is 0 Å². The van der Waals surface area contributed by atoms with Gasteiger partial charge < -0.3 is 15.5 Å². The molecule has 0 aliphatic carbocycles. The Hall–Kier alpha value is -1.90. The van der Waals surface area contributed by atoms with Crippen molar-refractivity contribution in [1.82, 2.24) is 15.6 Å². The third-order valence-electron chi connectivity index (χ3n) is 4.83. The second kappa shape index (κ2) is 11.8. The number of nitrogens with zero attached hydrogens (tertiary/aromatic N) is 3. The first-order valence-corrected chi connectivity index (χ1v) is 9.64. The summed E-state index contributed by atoms with van der Waals surface area (Å²) >= 11 is 0. The summed E-state index contributed by atoms with van der Waals surface area (Å²) in [6, 6.07) is 10.9. The number of halogens is 2. The number of pyridine rings is 1. The minimum Gasteiger partial charge on any atom is -0.357 e. The van der Waals surface area contributed by atoms with E-state index < -0.39 is 0 Å². The van der Waals surface area contributed by atoms with E-state index in [9.17, 15) is 4.39 Å². The summed E-state index contributed by atoms with van der Waals surface area (Å²) in [4.78, 5) is 11.2. The first-order chi connectivity index (χ1) is 13.3. The summed E-state index contributed by atoms with van der Waals surface area (Å²) < 4.78 is 13.7. The predicted molar refractivity (Wildman–Crippen MR) is 124 cm³/mol. The standard InChI is InChI=1S/C21H28FN5.HI/c1-23-21(26-16-18-8-4-5-9-19(18)22)25-15-17-10-11-20(24-14-17)27-12-6-2-3-7-13-27;/h4-5,8-11,14H,2-3,6-7,12-13,15-16H2,1H3,(H2,23,25,26);1H. The molecule has 1 aromatic carbocycles. The maximum atomic E-state index is 13.7. The summed E-state index contributed by atoms with van der Waals surface area (Å²) in [5.41, 5.74) is 1.70. The summed E-state index contributed by atoms with van der Waals surface area (Å²) in [6.45, 7) is 3.19. The van der Waals surface area contributed by atoms with Crippen molar-refractivity contribution in [2.24, 2.45) is 4.99 Å². The van der Waals surface area contributed by atoms with Crippen molar-refractivity contribution in [1.29, 1.82) is 0 Å². The Kier molecular flexibility index (Phi) is 9.46. The molecule has 0 unspecified atom stereocenters. The molecule has 7 heteroatoms. The third-order valence-corrected chi connectivity index (χ3v) is 4.83. The van der Waals surface area contributed by atoms with Crippen LogP contribution in [0.1, 0.15) is 36.8 Å². The van der Waals surface area contributed by atoms with Crippen LogP contribution in [0.15, 0.2) is 47.6 Å². The van der Waals surface area contributed by atoms with Crippen molar-refractivity contribution in [3.63, 3.8) is 0 Å². The van der Waals surface area contributed by atoms with Crippen molar-refractivity contribution in [3.05, 3.63) is 59.5 Å². The molecule has 1 aliphatic heterocycles. The van der Waals surface area contributed by atoms with E-state index in [1.54, 1.807) is 19.2 Å². The van der Waals surface area contributed by atoms with Gasteiger partial charge >= 0.3 is 0 Å². The molecule has 2 heterocycles. The molecule has 0 bridgehead atoms. The van der Waals surface area contributed by atoms with Crippen molar-refractivity contribution < 1.29 is 4.39 Å². The van der Waals surface area contributed by atoms with E-state index in [0.29, 0.717) is 24.6 Å². The van der Waals surface area contributed by atoms with Crippen molar-refractivity contribution in [3.8, 4) is 0 Å². The average Bonchev–Trinajstić information content (AvgIpc) is 2.99. The molecule has 0 radical (unpaired) electrons. The molecule has 0 atom stereocenters. The van der Waals surface area contributed by atoms with Gasteiger partial charge in [-0.1, -0.05) is 37.1 Å². The molecular formula is C21H29FIN5. The van der Waals surface area contributed by atoms with E-state index in [1.165, 1.54) is 31.7 Å². The monoisotopic (exact) mass is 497 g/mol. The van der Waals surface area contributed by atoms with Crippen LogP contribution < -0.4 is 15.5 Å². The summed E-state index contributed by atoms with van der Waals surface area (Å²) in [5, 5.41) is 6.38. The van der Waals surface area contributed by atoms with Gasteiger partial charge in [-0.15, -0.1) is 24.0 Å². The first-order valence-electron chi connectivity index (χ1n) is 9.64. The number of hydrogen-bond acceptors (Lipinski definition) is 3. The van der Waals surface area contributed by atoms with Gasteiger partial charge in [-0.2, -0.15) is 0 Å². The quantitative estimate of drug-likeness (QED) is 0.372. The van der Waals surface area contributed by atoms with Gasteiger partial charge in [0.1, 0.15) is 11.6 Å². The summed E-state index contributed by atoms with van der Waals surface area (Å²) in [6.07, 6.45) is 7.04. The molecule has 0 saturated carbocycles. The highest BCUT2D eigenvalue weighted by Crippen LogP contribution is 2.17. The molecule has 1 aliphatic rings. The van der Waals surface area contributed by atoms with Gasteiger partial charge in [-0.25, -0.2) is 9.37 Å². The Bertz CT molecular complexity index is 743. The zero-order valence-electron chi connectivity index (χ0n) is 16.3. The zero-order valence-corrected chi connectivity index (χ0v) is 18.7. The Labute approximate surface area is 183 Å². The molecule has 2 aromatic rings. The number of benzene rings is 1. The molecular weight excluding hydrogens is 468 g/mol. The fraction of sp³-hybridized carbons (Fsp3) is 0.429. The van der Waals surface area contributed by atoms with Crippen LogP contribution >= 0.6 is 24.0 Å². The Morgan fingerprint density at radius 3 is 2.39 bits per heavy atom. The van der Waals surface area contributed by atoms with Gasteiger partial charge in [0.05, 0.1) is 0 Å². The third kappa shape index (κ3) is 6.61. The van der Waals surface area contributed by atoms with Crippen LogP contribution in [0.3, 0.4) is 0 Å². The van der Waals surface area contributed by atoms with Crippen LogP contribution in [-0.2, 0) is 13.1 Å². The lowest BCUT2D eigenvalue weighted by Gasteiger charge is -2.21. The number of rotatable bonds is 5. The van der Waals surface area contributed by atoms with Crippen LogP contribution in [0.4, 0.5) is 10.2 Å². The normalized spacial score (nSPS) is 14.8. The number of anilines is 1. The fourth-order valence-electron chi connectivity index (χ4n) is 3.24. The van der Waals surface area contributed by atoms with Crippen LogP contribution in [0.2, 0.25) is 0 Å². The lowest BCUT2D eigenvalue weighted by molar-refractivity contribution is 0.604. The molecule has 152 valence electrons. The van der Waals surface area contributed by atoms with Crippen molar-refractivity contribution >= 4 is 35.8 Å². The maximum Gasteiger partial charge on any atom is 0.191 e. The second-order valence-corrected chi connectivity index (χ2v) is 6.80. The highest BCUT2D eigenvalue weighted by molar-refractivity contribution is 14.0. The van der Waals surface area contributed by atoms with E-state index in [2.05, 4.69) is 37.6 Å². The fourth-order valence-corrected chi connectivity index (χ4v) is 3.24. The molecule has 0 spiro atoms. The molecule has 28 heavy (non-hydrogen) atoms. The minimum atomic E-state index is -0.214. The maximum absolute atomic E-state index is 13.7. The smallest absolute Gasteiger partial charge is 0.191 e. The van der Waals surface area contributed by atoms with Gasteiger partial charge in [0.15, 0.2) is 5.96 Å². The molecule has 1 aromatic heterocycles. The molecule has 1 fully saturated rings. The average molecular weight is 497 g/mol. The molecule has 3 rings (SSSR count). The predicted octanol–water partition coefficient (Wildman–Crippen LogP) is 4.08. The van der Waals surface area contributed by atoms with E-state index >= 15 is 0 Å². The van der Waals surface area contributed by atoms with Gasteiger partial charge in [-0.3, -0.25) is 4.99 Å². The van der Waals surface area contributed by atoms with E-state index in [4.69, 9.17) is 0 Å². The van der Waals surface area contributed by atoms with Gasteiger partial charge in [0, 0.05) is 45.0 Å². The van der Waals surface area contributed by atoms with Gasteiger partial charge in [-0.05, 0) is 30.5 Å². The molecule has 5 nitrogen and oxygen atoms in total. The SMILES string of the molecule is CN=C(NCc1ccc(N2CCCCCC2)nc1)NCc1ccccc1F.I. The Morgan fingerprint density at radius 2 is 1.75 bits per heavy atom.